The van der Waals surface area contributed by atoms with Crippen LogP contribution >= 0.6 is 23.1 Å². The molecule has 0 saturated carbocycles. The summed E-state index contributed by atoms with van der Waals surface area (Å²) in [6, 6.07) is 8.33. The number of aromatic amines is 1. The molecule has 7 heteroatoms. The highest BCUT2D eigenvalue weighted by Crippen LogP contribution is 2.32. The summed E-state index contributed by atoms with van der Waals surface area (Å²) in [6.45, 7) is 4.32. The van der Waals surface area contributed by atoms with Crippen LogP contribution in [0.1, 0.15) is 38.2 Å². The highest BCUT2D eigenvalue weighted by atomic mass is 32.2. The molecular weight excluding hydrogens is 366 g/mol. The van der Waals surface area contributed by atoms with E-state index in [1.807, 2.05) is 5.38 Å². The summed E-state index contributed by atoms with van der Waals surface area (Å²) in [4.78, 5) is 31.5. The van der Waals surface area contributed by atoms with Crippen molar-refractivity contribution in [2.45, 2.75) is 37.8 Å². The number of fused-ring (bicyclic) bond motifs is 1. The third-order valence-corrected chi connectivity index (χ3v) is 5.95. The normalized spacial score (nSPS) is 11.3. The number of nitrogens with one attached hydrogen (secondary N) is 1. The summed E-state index contributed by atoms with van der Waals surface area (Å²) in [6.07, 6.45) is 1.01. The van der Waals surface area contributed by atoms with Gasteiger partial charge in [0, 0.05) is 23.1 Å². The average molecular weight is 388 g/mol. The molecule has 0 aliphatic heterocycles. The molecule has 2 heterocycles. The SMILES string of the molecule is CC(C)c1ccc(-c2csc3nc(SCCCC(N)=O)[nH]c(=O)c23)cc1. The molecule has 0 radical (unpaired) electrons. The number of H-pyrrole nitrogens is 1. The van der Waals surface area contributed by atoms with Gasteiger partial charge in [-0.2, -0.15) is 0 Å². The van der Waals surface area contributed by atoms with Gasteiger partial charge in [-0.25, -0.2) is 4.98 Å². The molecule has 1 aromatic carbocycles. The molecule has 136 valence electrons. The lowest BCUT2D eigenvalue weighted by Gasteiger charge is -2.06. The molecule has 0 unspecified atom stereocenters. The van der Waals surface area contributed by atoms with Crippen LogP contribution in [-0.4, -0.2) is 21.6 Å². The van der Waals surface area contributed by atoms with Gasteiger partial charge in [0.2, 0.25) is 5.91 Å². The Morgan fingerprint density at radius 3 is 2.69 bits per heavy atom. The van der Waals surface area contributed by atoms with Gasteiger partial charge in [0.15, 0.2) is 5.16 Å². The van der Waals surface area contributed by atoms with Crippen LogP contribution in [0.2, 0.25) is 0 Å². The summed E-state index contributed by atoms with van der Waals surface area (Å²) >= 11 is 2.91. The highest BCUT2D eigenvalue weighted by Gasteiger charge is 2.13. The number of thiophene rings is 1. The summed E-state index contributed by atoms with van der Waals surface area (Å²) in [5, 5.41) is 3.20. The van der Waals surface area contributed by atoms with Crippen LogP contribution in [-0.2, 0) is 4.79 Å². The first-order valence-electron chi connectivity index (χ1n) is 8.48. The van der Waals surface area contributed by atoms with E-state index >= 15 is 0 Å². The zero-order valence-electron chi connectivity index (χ0n) is 14.7. The van der Waals surface area contributed by atoms with Gasteiger partial charge in [0.05, 0.1) is 5.39 Å². The number of hydrogen-bond acceptors (Lipinski definition) is 5. The van der Waals surface area contributed by atoms with Crippen molar-refractivity contribution < 1.29 is 4.79 Å². The smallest absolute Gasteiger partial charge is 0.260 e. The molecule has 0 spiro atoms. The standard InChI is InChI=1S/C19H21N3O2S2/c1-11(2)12-5-7-13(8-6-12)14-10-26-18-16(14)17(24)21-19(22-18)25-9-3-4-15(20)23/h5-8,10-11H,3-4,9H2,1-2H3,(H2,20,23)(H,21,22,24). The fraction of sp³-hybridized carbons (Fsp3) is 0.316. The number of benzene rings is 1. The molecule has 0 bridgehead atoms. The van der Waals surface area contributed by atoms with E-state index in [0.29, 0.717) is 35.1 Å². The summed E-state index contributed by atoms with van der Waals surface area (Å²) in [5.74, 6) is 0.850. The lowest BCUT2D eigenvalue weighted by molar-refractivity contribution is -0.118. The monoisotopic (exact) mass is 387 g/mol. The lowest BCUT2D eigenvalue weighted by Crippen LogP contribution is -2.11. The Morgan fingerprint density at radius 1 is 1.31 bits per heavy atom. The van der Waals surface area contributed by atoms with Crippen LogP contribution in [0, 0.1) is 0 Å². The zero-order chi connectivity index (χ0) is 18.7. The van der Waals surface area contributed by atoms with E-state index in [9.17, 15) is 9.59 Å². The van der Waals surface area contributed by atoms with Crippen LogP contribution in [0.4, 0.5) is 0 Å². The number of carbonyl (C=O) groups excluding carboxylic acids is 1. The highest BCUT2D eigenvalue weighted by molar-refractivity contribution is 7.99. The van der Waals surface area contributed by atoms with Crippen molar-refractivity contribution >= 4 is 39.2 Å². The molecule has 26 heavy (non-hydrogen) atoms. The Labute approximate surface area is 160 Å². The Morgan fingerprint density at radius 2 is 2.04 bits per heavy atom. The van der Waals surface area contributed by atoms with Crippen molar-refractivity contribution in [1.82, 2.24) is 9.97 Å². The molecule has 0 saturated heterocycles. The molecule has 3 rings (SSSR count). The van der Waals surface area contributed by atoms with E-state index in [-0.39, 0.29) is 11.5 Å². The van der Waals surface area contributed by atoms with E-state index in [4.69, 9.17) is 5.73 Å². The Balaban J connectivity index is 1.85. The van der Waals surface area contributed by atoms with Gasteiger partial charge in [-0.1, -0.05) is 49.9 Å². The van der Waals surface area contributed by atoms with E-state index in [1.165, 1.54) is 28.7 Å². The number of nitrogens with zero attached hydrogens (tertiary/aromatic N) is 1. The summed E-state index contributed by atoms with van der Waals surface area (Å²) < 4.78 is 0. The minimum atomic E-state index is -0.311. The Hall–Kier alpha value is -2.12. The van der Waals surface area contributed by atoms with Crippen molar-refractivity contribution in [2.75, 3.05) is 5.75 Å². The first-order chi connectivity index (χ1) is 12.5. The average Bonchev–Trinajstić information content (AvgIpc) is 3.03. The fourth-order valence-electron chi connectivity index (χ4n) is 2.67. The number of amides is 1. The molecule has 3 aromatic rings. The maximum absolute atomic E-state index is 12.6. The second kappa shape index (κ2) is 8.05. The molecule has 0 aliphatic carbocycles. The minimum Gasteiger partial charge on any atom is -0.370 e. The van der Waals surface area contributed by atoms with Gasteiger partial charge in [-0.05, 0) is 23.5 Å². The van der Waals surface area contributed by atoms with E-state index in [2.05, 4.69) is 48.1 Å². The minimum absolute atomic E-state index is 0.128. The lowest BCUT2D eigenvalue weighted by atomic mass is 9.99. The van der Waals surface area contributed by atoms with E-state index < -0.39 is 0 Å². The van der Waals surface area contributed by atoms with Gasteiger partial charge >= 0.3 is 0 Å². The summed E-state index contributed by atoms with van der Waals surface area (Å²) in [5.41, 5.74) is 8.22. The number of hydrogen-bond donors (Lipinski definition) is 2. The largest absolute Gasteiger partial charge is 0.370 e. The van der Waals surface area contributed by atoms with Gasteiger partial charge in [0.25, 0.3) is 5.56 Å². The van der Waals surface area contributed by atoms with Crippen LogP contribution in [0.3, 0.4) is 0 Å². The molecule has 3 N–H and O–H groups in total. The summed E-state index contributed by atoms with van der Waals surface area (Å²) in [7, 11) is 0. The molecule has 5 nitrogen and oxygen atoms in total. The number of carbonyl (C=O) groups is 1. The molecule has 0 atom stereocenters. The zero-order valence-corrected chi connectivity index (χ0v) is 16.4. The molecular formula is C19H21N3O2S2. The predicted molar refractivity (Wildman–Crippen MR) is 109 cm³/mol. The van der Waals surface area contributed by atoms with Gasteiger partial charge < -0.3 is 10.7 Å². The quantitative estimate of drug-likeness (QED) is 0.362. The van der Waals surface area contributed by atoms with Gasteiger partial charge in [-0.15, -0.1) is 11.3 Å². The third kappa shape index (κ3) is 4.16. The van der Waals surface area contributed by atoms with Crippen LogP contribution < -0.4 is 11.3 Å². The van der Waals surface area contributed by atoms with Gasteiger partial charge in [0.1, 0.15) is 4.83 Å². The van der Waals surface area contributed by atoms with Crippen molar-refractivity contribution in [2.24, 2.45) is 5.73 Å². The first-order valence-corrected chi connectivity index (χ1v) is 10.3. The van der Waals surface area contributed by atoms with Crippen molar-refractivity contribution in [3.63, 3.8) is 0 Å². The third-order valence-electron chi connectivity index (χ3n) is 4.12. The van der Waals surface area contributed by atoms with E-state index in [0.717, 1.165) is 16.0 Å². The number of thioether (sulfide) groups is 1. The number of nitrogens with two attached hydrogens (primary N) is 1. The van der Waals surface area contributed by atoms with Crippen molar-refractivity contribution in [3.8, 4) is 11.1 Å². The Bertz CT molecular complexity index is 975. The molecule has 2 aromatic heterocycles. The second-order valence-corrected chi connectivity index (χ2v) is 8.34. The second-order valence-electron chi connectivity index (χ2n) is 6.40. The topological polar surface area (TPSA) is 88.8 Å². The number of primary amides is 1. The van der Waals surface area contributed by atoms with Crippen LogP contribution in [0.25, 0.3) is 21.3 Å². The van der Waals surface area contributed by atoms with E-state index in [1.54, 1.807) is 0 Å². The predicted octanol–water partition coefficient (Wildman–Crippen LogP) is 4.13. The number of rotatable bonds is 7. The van der Waals surface area contributed by atoms with Gasteiger partial charge in [-0.3, -0.25) is 9.59 Å². The van der Waals surface area contributed by atoms with Crippen LogP contribution in [0.15, 0.2) is 39.6 Å². The Kier molecular flexibility index (Phi) is 5.78. The molecule has 0 aliphatic rings. The number of aromatic nitrogens is 2. The fourth-order valence-corrected chi connectivity index (χ4v) is 4.48. The van der Waals surface area contributed by atoms with Crippen molar-refractivity contribution in [1.29, 1.82) is 0 Å². The maximum atomic E-state index is 12.6. The first kappa shape index (κ1) is 18.7. The maximum Gasteiger partial charge on any atom is 0.260 e. The molecule has 0 fully saturated rings. The van der Waals surface area contributed by atoms with Crippen LogP contribution in [0.5, 0.6) is 0 Å². The van der Waals surface area contributed by atoms with Crippen molar-refractivity contribution in [3.05, 3.63) is 45.6 Å². The molecule has 1 amide bonds.